The summed E-state index contributed by atoms with van der Waals surface area (Å²) in [6, 6.07) is 7.51. The molecule has 2 heterocycles. The van der Waals surface area contributed by atoms with Gasteiger partial charge in [-0.25, -0.2) is 9.97 Å². The first-order valence-corrected chi connectivity index (χ1v) is 7.72. The molecular formula is C14H14ClN5S. The molecule has 0 atom stereocenters. The maximum atomic E-state index is 6.17. The summed E-state index contributed by atoms with van der Waals surface area (Å²) in [6.45, 7) is 2.55. The molecule has 0 aliphatic carbocycles. The van der Waals surface area contributed by atoms with Gasteiger partial charge in [0.1, 0.15) is 0 Å². The molecule has 0 fully saturated rings. The van der Waals surface area contributed by atoms with Gasteiger partial charge >= 0.3 is 0 Å². The number of nitrogens with zero attached hydrogens (tertiary/aromatic N) is 3. The fraction of sp³-hybridized carbons (Fsp3) is 0.214. The number of nitrogens with one attached hydrogen (secondary N) is 1. The van der Waals surface area contributed by atoms with Crippen molar-refractivity contribution in [1.29, 1.82) is 0 Å². The molecule has 3 rings (SSSR count). The van der Waals surface area contributed by atoms with Crippen molar-refractivity contribution in [3.8, 4) is 22.1 Å². The van der Waals surface area contributed by atoms with Gasteiger partial charge in [-0.3, -0.25) is 5.10 Å². The fourth-order valence-corrected chi connectivity index (χ4v) is 3.27. The molecule has 0 saturated carbocycles. The SMILES string of the molecule is Cc1nc(CCN)sc1-c1nc(-c2ccccc2Cl)n[nH]1. The molecule has 2 aromatic heterocycles. The second kappa shape index (κ2) is 5.93. The van der Waals surface area contributed by atoms with Gasteiger partial charge < -0.3 is 5.73 Å². The Kier molecular flexibility index (Phi) is 4.01. The van der Waals surface area contributed by atoms with Crippen molar-refractivity contribution in [2.45, 2.75) is 13.3 Å². The lowest BCUT2D eigenvalue weighted by atomic mass is 10.2. The van der Waals surface area contributed by atoms with Crippen molar-refractivity contribution in [1.82, 2.24) is 20.2 Å². The van der Waals surface area contributed by atoms with E-state index in [1.807, 2.05) is 31.2 Å². The minimum atomic E-state index is 0.587. The summed E-state index contributed by atoms with van der Waals surface area (Å²) in [5, 5.41) is 8.86. The van der Waals surface area contributed by atoms with Gasteiger partial charge in [0.15, 0.2) is 11.6 Å². The van der Waals surface area contributed by atoms with Crippen LogP contribution in [0.15, 0.2) is 24.3 Å². The van der Waals surface area contributed by atoms with E-state index >= 15 is 0 Å². The molecule has 0 amide bonds. The Labute approximate surface area is 131 Å². The van der Waals surface area contributed by atoms with Gasteiger partial charge in [0.25, 0.3) is 0 Å². The smallest absolute Gasteiger partial charge is 0.183 e. The van der Waals surface area contributed by atoms with Gasteiger partial charge in [0.05, 0.1) is 20.6 Å². The Hall–Kier alpha value is -1.76. The number of aromatic nitrogens is 4. The lowest BCUT2D eigenvalue weighted by molar-refractivity contribution is 0.945. The number of halogens is 1. The van der Waals surface area contributed by atoms with Gasteiger partial charge in [-0.05, 0) is 25.6 Å². The van der Waals surface area contributed by atoms with E-state index in [0.29, 0.717) is 23.2 Å². The number of nitrogens with two attached hydrogens (primary N) is 1. The number of benzene rings is 1. The molecule has 0 aliphatic rings. The molecule has 3 N–H and O–H groups in total. The van der Waals surface area contributed by atoms with Crippen molar-refractivity contribution in [3.63, 3.8) is 0 Å². The summed E-state index contributed by atoms with van der Waals surface area (Å²) in [5.41, 5.74) is 7.32. The first-order valence-electron chi connectivity index (χ1n) is 6.53. The summed E-state index contributed by atoms with van der Waals surface area (Å²) in [4.78, 5) is 10.0. The minimum absolute atomic E-state index is 0.587. The number of hydrogen-bond acceptors (Lipinski definition) is 5. The number of hydrogen-bond donors (Lipinski definition) is 2. The standard InChI is InChI=1S/C14H14ClN5S/c1-8-12(21-11(17-8)6-7-16)14-18-13(19-20-14)9-4-2-3-5-10(9)15/h2-5H,6-7,16H2,1H3,(H,18,19,20). The number of aromatic amines is 1. The van der Waals surface area contributed by atoms with Gasteiger partial charge in [-0.2, -0.15) is 5.10 Å². The summed E-state index contributed by atoms with van der Waals surface area (Å²) in [6.07, 6.45) is 0.775. The highest BCUT2D eigenvalue weighted by Gasteiger charge is 2.15. The molecule has 21 heavy (non-hydrogen) atoms. The molecule has 0 bridgehead atoms. The second-order valence-corrected chi connectivity index (χ2v) is 6.04. The Morgan fingerprint density at radius 3 is 2.86 bits per heavy atom. The summed E-state index contributed by atoms with van der Waals surface area (Å²) in [7, 11) is 0. The van der Waals surface area contributed by atoms with E-state index in [-0.39, 0.29) is 0 Å². The van der Waals surface area contributed by atoms with Crippen LogP contribution in [-0.4, -0.2) is 26.7 Å². The predicted octanol–water partition coefficient (Wildman–Crippen LogP) is 3.06. The number of thiazole rings is 1. The normalized spacial score (nSPS) is 11.0. The van der Waals surface area contributed by atoms with E-state index in [2.05, 4.69) is 20.2 Å². The Balaban J connectivity index is 1.97. The van der Waals surface area contributed by atoms with Crippen LogP contribution >= 0.6 is 22.9 Å². The van der Waals surface area contributed by atoms with Crippen LogP contribution in [0, 0.1) is 6.92 Å². The van der Waals surface area contributed by atoms with E-state index in [0.717, 1.165) is 27.6 Å². The highest BCUT2D eigenvalue weighted by atomic mass is 35.5. The maximum Gasteiger partial charge on any atom is 0.183 e. The number of aryl methyl sites for hydroxylation is 1. The monoisotopic (exact) mass is 319 g/mol. The molecule has 108 valence electrons. The van der Waals surface area contributed by atoms with Gasteiger partial charge in [-0.1, -0.05) is 23.7 Å². The summed E-state index contributed by atoms with van der Waals surface area (Å²) >= 11 is 7.77. The Morgan fingerprint density at radius 2 is 2.10 bits per heavy atom. The lowest BCUT2D eigenvalue weighted by Gasteiger charge is -1.96. The van der Waals surface area contributed by atoms with Crippen molar-refractivity contribution in [2.75, 3.05) is 6.54 Å². The van der Waals surface area contributed by atoms with Crippen LogP contribution in [0.1, 0.15) is 10.7 Å². The van der Waals surface area contributed by atoms with Crippen LogP contribution in [-0.2, 0) is 6.42 Å². The highest BCUT2D eigenvalue weighted by Crippen LogP contribution is 2.30. The van der Waals surface area contributed by atoms with E-state index in [9.17, 15) is 0 Å². The molecular weight excluding hydrogens is 306 g/mol. The third kappa shape index (κ3) is 2.83. The Bertz CT molecular complexity index is 764. The maximum absolute atomic E-state index is 6.17. The minimum Gasteiger partial charge on any atom is -0.330 e. The van der Waals surface area contributed by atoms with E-state index in [1.165, 1.54) is 0 Å². The predicted molar refractivity (Wildman–Crippen MR) is 85.4 cm³/mol. The average Bonchev–Trinajstić information content (AvgIpc) is 3.06. The van der Waals surface area contributed by atoms with E-state index in [1.54, 1.807) is 11.3 Å². The quantitative estimate of drug-likeness (QED) is 0.774. The zero-order chi connectivity index (χ0) is 14.8. The van der Waals surface area contributed by atoms with E-state index < -0.39 is 0 Å². The molecule has 7 heteroatoms. The van der Waals surface area contributed by atoms with Crippen molar-refractivity contribution in [2.24, 2.45) is 5.73 Å². The summed E-state index contributed by atoms with van der Waals surface area (Å²) < 4.78 is 0. The van der Waals surface area contributed by atoms with Gasteiger partial charge in [-0.15, -0.1) is 11.3 Å². The molecule has 0 aliphatic heterocycles. The van der Waals surface area contributed by atoms with Gasteiger partial charge in [0.2, 0.25) is 0 Å². The number of H-pyrrole nitrogens is 1. The van der Waals surface area contributed by atoms with Gasteiger partial charge in [0, 0.05) is 12.0 Å². The van der Waals surface area contributed by atoms with Crippen molar-refractivity contribution < 1.29 is 0 Å². The third-order valence-electron chi connectivity index (χ3n) is 3.01. The topological polar surface area (TPSA) is 80.5 Å². The lowest BCUT2D eigenvalue weighted by Crippen LogP contribution is -2.01. The number of rotatable bonds is 4. The fourth-order valence-electron chi connectivity index (χ4n) is 2.03. The zero-order valence-electron chi connectivity index (χ0n) is 11.4. The molecule has 0 saturated heterocycles. The summed E-state index contributed by atoms with van der Waals surface area (Å²) in [5.74, 6) is 1.30. The van der Waals surface area contributed by atoms with Crippen molar-refractivity contribution in [3.05, 3.63) is 40.0 Å². The largest absolute Gasteiger partial charge is 0.330 e. The van der Waals surface area contributed by atoms with Crippen LogP contribution in [0.2, 0.25) is 5.02 Å². The van der Waals surface area contributed by atoms with Crippen LogP contribution in [0.4, 0.5) is 0 Å². The second-order valence-electron chi connectivity index (χ2n) is 4.55. The highest BCUT2D eigenvalue weighted by molar-refractivity contribution is 7.15. The van der Waals surface area contributed by atoms with E-state index in [4.69, 9.17) is 17.3 Å². The zero-order valence-corrected chi connectivity index (χ0v) is 13.0. The Morgan fingerprint density at radius 1 is 1.29 bits per heavy atom. The van der Waals surface area contributed by atoms with Crippen LogP contribution in [0.3, 0.4) is 0 Å². The van der Waals surface area contributed by atoms with Crippen LogP contribution in [0.5, 0.6) is 0 Å². The van der Waals surface area contributed by atoms with Crippen LogP contribution in [0.25, 0.3) is 22.1 Å². The molecule has 1 aromatic carbocycles. The molecule has 0 unspecified atom stereocenters. The molecule has 5 nitrogen and oxygen atoms in total. The molecule has 3 aromatic rings. The third-order valence-corrected chi connectivity index (χ3v) is 4.57. The average molecular weight is 320 g/mol. The molecule has 0 radical (unpaired) electrons. The van der Waals surface area contributed by atoms with Crippen LogP contribution < -0.4 is 5.73 Å². The first kappa shape index (κ1) is 14.2. The van der Waals surface area contributed by atoms with Crippen molar-refractivity contribution >= 4 is 22.9 Å². The molecule has 0 spiro atoms. The first-order chi connectivity index (χ1) is 10.2.